The number of aromatic nitrogens is 2. The van der Waals surface area contributed by atoms with E-state index in [0.29, 0.717) is 32.1 Å². The summed E-state index contributed by atoms with van der Waals surface area (Å²) in [6, 6.07) is 1.50. The lowest BCUT2D eigenvalue weighted by atomic mass is 10.3. The molecule has 0 bridgehead atoms. The molecule has 8 heteroatoms. The maximum Gasteiger partial charge on any atom is 0.325 e. The van der Waals surface area contributed by atoms with E-state index >= 15 is 0 Å². The number of nitrogens with one attached hydrogen (secondary N) is 1. The zero-order valence-corrected chi connectivity index (χ0v) is 11.3. The van der Waals surface area contributed by atoms with Gasteiger partial charge in [0.15, 0.2) is 0 Å². The first-order chi connectivity index (χ1) is 9.70. The summed E-state index contributed by atoms with van der Waals surface area (Å²) < 4.78 is 4.47. The van der Waals surface area contributed by atoms with Gasteiger partial charge in [-0.15, -0.1) is 0 Å². The highest BCUT2D eigenvalue weighted by Gasteiger charge is 2.22. The Hall–Kier alpha value is -2.38. The summed E-state index contributed by atoms with van der Waals surface area (Å²) in [6.45, 7) is 2.33. The highest BCUT2D eigenvalue weighted by atomic mass is 16.5. The van der Waals surface area contributed by atoms with E-state index in [1.165, 1.54) is 7.11 Å². The molecule has 2 heterocycles. The Labute approximate surface area is 116 Å². The van der Waals surface area contributed by atoms with Gasteiger partial charge in [-0.1, -0.05) is 0 Å². The molecule has 1 saturated heterocycles. The highest BCUT2D eigenvalue weighted by molar-refractivity contribution is 5.80. The molecule has 0 aliphatic carbocycles. The van der Waals surface area contributed by atoms with Crippen LogP contribution in [0.5, 0.6) is 0 Å². The van der Waals surface area contributed by atoms with Gasteiger partial charge in [0.2, 0.25) is 5.95 Å². The van der Waals surface area contributed by atoms with Crippen molar-refractivity contribution in [2.75, 3.05) is 44.7 Å². The lowest BCUT2D eigenvalue weighted by molar-refractivity contribution is -0.139. The lowest BCUT2D eigenvalue weighted by Crippen LogP contribution is -2.52. The Morgan fingerprint density at radius 2 is 1.90 bits per heavy atom. The van der Waals surface area contributed by atoms with Crippen molar-refractivity contribution < 1.29 is 14.3 Å². The maximum atomic E-state index is 11.8. The Kier molecular flexibility index (Phi) is 4.70. The summed E-state index contributed by atoms with van der Waals surface area (Å²) in [6.07, 6.45) is 3.38. The van der Waals surface area contributed by atoms with Gasteiger partial charge in [0.25, 0.3) is 0 Å². The van der Waals surface area contributed by atoms with Gasteiger partial charge in [0.1, 0.15) is 6.54 Å². The van der Waals surface area contributed by atoms with Gasteiger partial charge in [-0.05, 0) is 6.07 Å². The summed E-state index contributed by atoms with van der Waals surface area (Å²) >= 11 is 0. The highest BCUT2D eigenvalue weighted by Crippen LogP contribution is 2.09. The number of hydrogen-bond acceptors (Lipinski definition) is 6. The molecule has 1 aliphatic heterocycles. The average molecular weight is 279 g/mol. The fourth-order valence-electron chi connectivity index (χ4n) is 1.90. The van der Waals surface area contributed by atoms with E-state index in [1.54, 1.807) is 23.4 Å². The molecule has 1 fully saturated rings. The van der Waals surface area contributed by atoms with Crippen LogP contribution in [0, 0.1) is 0 Å². The molecule has 0 spiro atoms. The second-order valence-corrected chi connectivity index (χ2v) is 4.26. The van der Waals surface area contributed by atoms with E-state index in [9.17, 15) is 9.59 Å². The van der Waals surface area contributed by atoms with Crippen LogP contribution < -0.4 is 10.2 Å². The third-order valence-electron chi connectivity index (χ3n) is 3.01. The predicted octanol–water partition coefficient (Wildman–Crippen LogP) is -0.519. The number of urea groups is 1. The average Bonchev–Trinajstić information content (AvgIpc) is 2.53. The molecule has 2 rings (SSSR count). The molecular weight excluding hydrogens is 262 g/mol. The Morgan fingerprint density at radius 3 is 2.50 bits per heavy atom. The standard InChI is InChI=1S/C12H17N5O3/c1-20-10(18)9-15-12(19)17-7-5-16(6-8-17)11-13-3-2-4-14-11/h2-4H,5-9H2,1H3,(H,15,19). The van der Waals surface area contributed by atoms with Crippen molar-refractivity contribution in [3.8, 4) is 0 Å². The number of ether oxygens (including phenoxy) is 1. The normalized spacial score (nSPS) is 14.8. The summed E-state index contributed by atoms with van der Waals surface area (Å²) in [5, 5.41) is 2.52. The molecule has 0 atom stereocenters. The van der Waals surface area contributed by atoms with E-state index in [1.807, 2.05) is 4.90 Å². The van der Waals surface area contributed by atoms with Crippen LogP contribution in [-0.2, 0) is 9.53 Å². The van der Waals surface area contributed by atoms with Gasteiger partial charge in [0.05, 0.1) is 7.11 Å². The zero-order valence-electron chi connectivity index (χ0n) is 11.3. The van der Waals surface area contributed by atoms with Gasteiger partial charge >= 0.3 is 12.0 Å². The smallest absolute Gasteiger partial charge is 0.325 e. The number of methoxy groups -OCH3 is 1. The van der Waals surface area contributed by atoms with Crippen molar-refractivity contribution in [2.45, 2.75) is 0 Å². The number of hydrogen-bond donors (Lipinski definition) is 1. The zero-order chi connectivity index (χ0) is 14.4. The fourth-order valence-corrected chi connectivity index (χ4v) is 1.90. The molecule has 2 amide bonds. The van der Waals surface area contributed by atoms with Crippen molar-refractivity contribution in [3.05, 3.63) is 18.5 Å². The van der Waals surface area contributed by atoms with Crippen molar-refractivity contribution in [2.24, 2.45) is 0 Å². The van der Waals surface area contributed by atoms with Crippen LogP contribution in [0.4, 0.5) is 10.7 Å². The molecule has 1 aliphatic rings. The van der Waals surface area contributed by atoms with Gasteiger partial charge < -0.3 is 19.9 Å². The second-order valence-electron chi connectivity index (χ2n) is 4.26. The number of carbonyl (C=O) groups is 2. The second kappa shape index (κ2) is 6.69. The number of piperazine rings is 1. The van der Waals surface area contributed by atoms with E-state index in [0.717, 1.165) is 0 Å². The van der Waals surface area contributed by atoms with Crippen molar-refractivity contribution in [3.63, 3.8) is 0 Å². The van der Waals surface area contributed by atoms with Crippen LogP contribution in [0.25, 0.3) is 0 Å². The SMILES string of the molecule is COC(=O)CNC(=O)N1CCN(c2ncccn2)CC1. The van der Waals surface area contributed by atoms with Crippen LogP contribution >= 0.6 is 0 Å². The first-order valence-corrected chi connectivity index (χ1v) is 6.32. The number of nitrogens with zero attached hydrogens (tertiary/aromatic N) is 4. The molecule has 1 N–H and O–H groups in total. The van der Waals surface area contributed by atoms with Crippen LogP contribution in [0.3, 0.4) is 0 Å². The molecule has 20 heavy (non-hydrogen) atoms. The summed E-state index contributed by atoms with van der Waals surface area (Å²) in [5.41, 5.74) is 0. The third kappa shape index (κ3) is 3.56. The minimum atomic E-state index is -0.463. The van der Waals surface area contributed by atoms with E-state index in [-0.39, 0.29) is 12.6 Å². The fraction of sp³-hybridized carbons (Fsp3) is 0.500. The molecular formula is C12H17N5O3. The van der Waals surface area contributed by atoms with Crippen molar-refractivity contribution in [1.29, 1.82) is 0 Å². The van der Waals surface area contributed by atoms with Gasteiger partial charge in [-0.2, -0.15) is 0 Å². The summed E-state index contributed by atoms with van der Waals surface area (Å²) in [4.78, 5) is 34.8. The minimum absolute atomic E-state index is 0.114. The number of amides is 2. The van der Waals surface area contributed by atoms with Crippen molar-refractivity contribution in [1.82, 2.24) is 20.2 Å². The maximum absolute atomic E-state index is 11.8. The van der Waals surface area contributed by atoms with Crippen LogP contribution in [-0.4, -0.2) is 66.7 Å². The number of esters is 1. The first-order valence-electron chi connectivity index (χ1n) is 6.32. The third-order valence-corrected chi connectivity index (χ3v) is 3.01. The molecule has 0 unspecified atom stereocenters. The first kappa shape index (κ1) is 14.0. The minimum Gasteiger partial charge on any atom is -0.468 e. The van der Waals surface area contributed by atoms with Gasteiger partial charge in [-0.3, -0.25) is 4.79 Å². The number of anilines is 1. The number of rotatable bonds is 3. The molecule has 108 valence electrons. The lowest BCUT2D eigenvalue weighted by Gasteiger charge is -2.34. The molecule has 8 nitrogen and oxygen atoms in total. The van der Waals surface area contributed by atoms with Crippen LogP contribution in [0.1, 0.15) is 0 Å². The topological polar surface area (TPSA) is 87.7 Å². The molecule has 1 aromatic heterocycles. The van der Waals surface area contributed by atoms with E-state index < -0.39 is 5.97 Å². The number of carbonyl (C=O) groups excluding carboxylic acids is 2. The molecule has 0 radical (unpaired) electrons. The van der Waals surface area contributed by atoms with E-state index in [2.05, 4.69) is 20.0 Å². The Morgan fingerprint density at radius 1 is 1.25 bits per heavy atom. The molecule has 1 aromatic rings. The van der Waals surface area contributed by atoms with Crippen molar-refractivity contribution >= 4 is 17.9 Å². The molecule has 0 saturated carbocycles. The summed E-state index contributed by atoms with van der Waals surface area (Å²) in [5.74, 6) is 0.205. The van der Waals surface area contributed by atoms with Crippen LogP contribution in [0.2, 0.25) is 0 Å². The van der Waals surface area contributed by atoms with Gasteiger partial charge in [-0.25, -0.2) is 14.8 Å². The summed E-state index contributed by atoms with van der Waals surface area (Å²) in [7, 11) is 1.28. The van der Waals surface area contributed by atoms with Crippen LogP contribution in [0.15, 0.2) is 18.5 Å². The quantitative estimate of drug-likeness (QED) is 0.749. The predicted molar refractivity (Wildman–Crippen MR) is 71.2 cm³/mol. The van der Waals surface area contributed by atoms with Gasteiger partial charge in [0, 0.05) is 38.6 Å². The van der Waals surface area contributed by atoms with E-state index in [4.69, 9.17) is 0 Å². The Bertz CT molecular complexity index is 459. The largest absolute Gasteiger partial charge is 0.468 e. The monoisotopic (exact) mass is 279 g/mol. The molecule has 0 aromatic carbocycles. The Balaban J connectivity index is 1.79.